The lowest BCUT2D eigenvalue weighted by atomic mass is 10.1. The molecule has 1 aliphatic rings. The van der Waals surface area contributed by atoms with Crippen LogP contribution in [0.5, 0.6) is 5.88 Å². The van der Waals surface area contributed by atoms with E-state index in [9.17, 15) is 4.79 Å². The molecule has 0 aliphatic carbocycles. The highest BCUT2D eigenvalue weighted by molar-refractivity contribution is 5.97. The number of hydrogen-bond acceptors (Lipinski definition) is 5. The van der Waals surface area contributed by atoms with Crippen molar-refractivity contribution in [1.82, 2.24) is 19.7 Å². The summed E-state index contributed by atoms with van der Waals surface area (Å²) in [6, 6.07) is 9.32. The van der Waals surface area contributed by atoms with Crippen molar-refractivity contribution < 1.29 is 9.53 Å². The summed E-state index contributed by atoms with van der Waals surface area (Å²) < 4.78 is 7.85. The standard InChI is InChI=1S/C22H25N5O2/c1-15-12-25-27(13-15)20-8-4-3-7-18(20)22(28)26-11-5-6-17(14-26)29-21-16(2)19(23)9-10-24-21/h3-4,7-10,12-13,17H,5-6,11,14H2,1-2H3,(H2,23,24). The Kier molecular flexibility index (Phi) is 5.20. The van der Waals surface area contributed by atoms with Crippen molar-refractivity contribution >= 4 is 11.6 Å². The van der Waals surface area contributed by atoms with Gasteiger partial charge in [0, 0.05) is 30.2 Å². The van der Waals surface area contributed by atoms with Crippen LogP contribution in [0.25, 0.3) is 5.69 Å². The fourth-order valence-electron chi connectivity index (χ4n) is 3.60. The molecule has 29 heavy (non-hydrogen) atoms. The molecule has 3 heterocycles. The molecule has 2 N–H and O–H groups in total. The number of hydrogen-bond donors (Lipinski definition) is 1. The summed E-state index contributed by atoms with van der Waals surface area (Å²) in [5.41, 5.74) is 9.90. The molecule has 1 unspecified atom stereocenters. The second kappa shape index (κ2) is 7.95. The zero-order valence-corrected chi connectivity index (χ0v) is 16.7. The summed E-state index contributed by atoms with van der Waals surface area (Å²) in [7, 11) is 0. The second-order valence-electron chi connectivity index (χ2n) is 7.44. The first-order valence-electron chi connectivity index (χ1n) is 9.80. The van der Waals surface area contributed by atoms with E-state index in [2.05, 4.69) is 10.1 Å². The molecule has 1 fully saturated rings. The molecule has 3 aromatic rings. The van der Waals surface area contributed by atoms with Crippen LogP contribution in [0.2, 0.25) is 0 Å². The summed E-state index contributed by atoms with van der Waals surface area (Å²) in [6.07, 6.45) is 6.99. The predicted octanol–water partition coefficient (Wildman–Crippen LogP) is 3.15. The average Bonchev–Trinajstić information content (AvgIpc) is 3.17. The van der Waals surface area contributed by atoms with Gasteiger partial charge >= 0.3 is 0 Å². The number of anilines is 1. The maximum absolute atomic E-state index is 13.3. The summed E-state index contributed by atoms with van der Waals surface area (Å²) in [5.74, 6) is 0.524. The van der Waals surface area contributed by atoms with Gasteiger partial charge in [0.25, 0.3) is 5.91 Å². The van der Waals surface area contributed by atoms with Crippen LogP contribution < -0.4 is 10.5 Å². The van der Waals surface area contributed by atoms with E-state index < -0.39 is 0 Å². The molecule has 0 radical (unpaired) electrons. The number of nitrogens with two attached hydrogens (primary N) is 1. The quantitative estimate of drug-likeness (QED) is 0.738. The number of nitrogens with zero attached hydrogens (tertiary/aromatic N) is 4. The lowest BCUT2D eigenvalue weighted by Gasteiger charge is -2.33. The summed E-state index contributed by atoms with van der Waals surface area (Å²) in [6.45, 7) is 5.09. The first kappa shape index (κ1) is 19.0. The monoisotopic (exact) mass is 391 g/mol. The zero-order chi connectivity index (χ0) is 20.4. The first-order valence-corrected chi connectivity index (χ1v) is 9.80. The predicted molar refractivity (Wildman–Crippen MR) is 111 cm³/mol. The smallest absolute Gasteiger partial charge is 0.256 e. The Morgan fingerprint density at radius 2 is 2.07 bits per heavy atom. The molecule has 2 aromatic heterocycles. The van der Waals surface area contributed by atoms with Crippen molar-refractivity contribution in [1.29, 1.82) is 0 Å². The molecular formula is C22H25N5O2. The SMILES string of the molecule is Cc1cnn(-c2ccccc2C(=O)N2CCCC(Oc3nccc(N)c3C)C2)c1. The number of likely N-dealkylation sites (tertiary alicyclic amines) is 1. The van der Waals surface area contributed by atoms with Crippen molar-refractivity contribution in [2.24, 2.45) is 0 Å². The Morgan fingerprint density at radius 1 is 1.24 bits per heavy atom. The largest absolute Gasteiger partial charge is 0.472 e. The van der Waals surface area contributed by atoms with E-state index >= 15 is 0 Å². The van der Waals surface area contributed by atoms with Crippen LogP contribution in [-0.2, 0) is 0 Å². The van der Waals surface area contributed by atoms with Gasteiger partial charge in [0.15, 0.2) is 0 Å². The molecule has 4 rings (SSSR count). The molecule has 0 spiro atoms. The molecule has 7 nitrogen and oxygen atoms in total. The third-order valence-corrected chi connectivity index (χ3v) is 5.24. The number of aromatic nitrogens is 3. The fourth-order valence-corrected chi connectivity index (χ4v) is 3.60. The Morgan fingerprint density at radius 3 is 2.86 bits per heavy atom. The van der Waals surface area contributed by atoms with Crippen LogP contribution >= 0.6 is 0 Å². The third-order valence-electron chi connectivity index (χ3n) is 5.24. The number of aryl methyl sites for hydroxylation is 1. The van der Waals surface area contributed by atoms with Crippen molar-refractivity contribution in [2.45, 2.75) is 32.8 Å². The van der Waals surface area contributed by atoms with Gasteiger partial charge in [-0.1, -0.05) is 12.1 Å². The van der Waals surface area contributed by atoms with E-state index in [1.165, 1.54) is 0 Å². The number of benzene rings is 1. The number of rotatable bonds is 4. The van der Waals surface area contributed by atoms with Crippen LogP contribution in [0.4, 0.5) is 5.69 Å². The molecule has 7 heteroatoms. The zero-order valence-electron chi connectivity index (χ0n) is 16.7. The Balaban J connectivity index is 1.53. The van der Waals surface area contributed by atoms with E-state index in [1.54, 1.807) is 23.1 Å². The highest BCUT2D eigenvalue weighted by Crippen LogP contribution is 2.25. The minimum Gasteiger partial charge on any atom is -0.472 e. The maximum atomic E-state index is 13.3. The minimum atomic E-state index is -0.111. The normalized spacial score (nSPS) is 16.6. The average molecular weight is 391 g/mol. The van der Waals surface area contributed by atoms with Crippen LogP contribution in [0.1, 0.15) is 34.3 Å². The van der Waals surface area contributed by atoms with Gasteiger partial charge in [0.1, 0.15) is 6.10 Å². The van der Waals surface area contributed by atoms with Gasteiger partial charge in [-0.15, -0.1) is 0 Å². The lowest BCUT2D eigenvalue weighted by molar-refractivity contribution is 0.0526. The van der Waals surface area contributed by atoms with E-state index in [0.717, 1.165) is 29.7 Å². The van der Waals surface area contributed by atoms with Crippen molar-refractivity contribution in [3.63, 3.8) is 0 Å². The van der Waals surface area contributed by atoms with Gasteiger partial charge in [-0.25, -0.2) is 9.67 Å². The summed E-state index contributed by atoms with van der Waals surface area (Å²) in [5, 5.41) is 4.36. The molecule has 0 saturated carbocycles. The number of ether oxygens (including phenoxy) is 1. The van der Waals surface area contributed by atoms with E-state index in [-0.39, 0.29) is 12.0 Å². The number of pyridine rings is 1. The van der Waals surface area contributed by atoms with E-state index in [0.29, 0.717) is 30.2 Å². The highest BCUT2D eigenvalue weighted by Gasteiger charge is 2.28. The molecular weight excluding hydrogens is 366 g/mol. The number of carbonyl (C=O) groups excluding carboxylic acids is 1. The molecule has 1 atom stereocenters. The van der Waals surface area contributed by atoms with E-state index in [4.69, 9.17) is 10.5 Å². The molecule has 1 saturated heterocycles. The first-order chi connectivity index (χ1) is 14.0. The number of para-hydroxylation sites is 1. The van der Waals surface area contributed by atoms with Crippen molar-refractivity contribution in [3.05, 3.63) is 65.6 Å². The van der Waals surface area contributed by atoms with E-state index in [1.807, 2.05) is 49.2 Å². The minimum absolute atomic E-state index is 0.0145. The lowest BCUT2D eigenvalue weighted by Crippen LogP contribution is -2.44. The maximum Gasteiger partial charge on any atom is 0.256 e. The van der Waals surface area contributed by atoms with Gasteiger partial charge in [-0.3, -0.25) is 4.79 Å². The van der Waals surface area contributed by atoms with Crippen LogP contribution in [-0.4, -0.2) is 44.8 Å². The Bertz CT molecular complexity index is 1030. The number of piperidine rings is 1. The molecule has 1 aliphatic heterocycles. The van der Waals surface area contributed by atoms with Crippen molar-refractivity contribution in [3.8, 4) is 11.6 Å². The fraction of sp³-hybridized carbons (Fsp3) is 0.318. The molecule has 150 valence electrons. The number of amides is 1. The van der Waals surface area contributed by atoms with Gasteiger partial charge in [0.05, 0.1) is 24.0 Å². The highest BCUT2D eigenvalue weighted by atomic mass is 16.5. The van der Waals surface area contributed by atoms with Crippen LogP contribution in [0, 0.1) is 13.8 Å². The Labute approximate surface area is 170 Å². The Hall–Kier alpha value is -3.35. The van der Waals surface area contributed by atoms with Gasteiger partial charge in [-0.2, -0.15) is 5.10 Å². The number of nitrogen functional groups attached to an aromatic ring is 1. The number of carbonyl (C=O) groups is 1. The molecule has 1 aromatic carbocycles. The molecule has 1 amide bonds. The summed E-state index contributed by atoms with van der Waals surface area (Å²) >= 11 is 0. The van der Waals surface area contributed by atoms with Gasteiger partial charge in [-0.05, 0) is 50.5 Å². The van der Waals surface area contributed by atoms with Crippen molar-refractivity contribution in [2.75, 3.05) is 18.8 Å². The van der Waals surface area contributed by atoms with Crippen LogP contribution in [0.3, 0.4) is 0 Å². The van der Waals surface area contributed by atoms with Gasteiger partial charge < -0.3 is 15.4 Å². The third kappa shape index (κ3) is 3.94. The van der Waals surface area contributed by atoms with Gasteiger partial charge in [0.2, 0.25) is 5.88 Å². The van der Waals surface area contributed by atoms with Crippen LogP contribution in [0.15, 0.2) is 48.9 Å². The summed E-state index contributed by atoms with van der Waals surface area (Å²) in [4.78, 5) is 19.5. The second-order valence-corrected chi connectivity index (χ2v) is 7.44. The topological polar surface area (TPSA) is 86.3 Å². The molecule has 0 bridgehead atoms.